The van der Waals surface area contributed by atoms with Gasteiger partial charge in [-0.2, -0.15) is 0 Å². The molecule has 0 radical (unpaired) electrons. The first kappa shape index (κ1) is 25.1. The molecule has 0 bridgehead atoms. The number of benzene rings is 4. The van der Waals surface area contributed by atoms with Crippen molar-refractivity contribution in [2.45, 2.75) is 25.9 Å². The molecule has 4 aromatic carbocycles. The SMILES string of the molecule is CCOC(=O)c1ccc2c(c1)NC(=O)C2C(=Nc1ccc(CNCc2ccccc2)cc1)c1ccccc1. The van der Waals surface area contributed by atoms with Gasteiger partial charge >= 0.3 is 5.97 Å². The van der Waals surface area contributed by atoms with Gasteiger partial charge in [0.2, 0.25) is 5.91 Å². The van der Waals surface area contributed by atoms with Crippen molar-refractivity contribution in [1.29, 1.82) is 0 Å². The predicted octanol–water partition coefficient (Wildman–Crippen LogP) is 6.01. The van der Waals surface area contributed by atoms with Crippen molar-refractivity contribution in [2.24, 2.45) is 4.99 Å². The lowest BCUT2D eigenvalue weighted by molar-refractivity contribution is -0.115. The third-order valence-corrected chi connectivity index (χ3v) is 6.43. The van der Waals surface area contributed by atoms with Crippen LogP contribution in [0.15, 0.2) is 108 Å². The van der Waals surface area contributed by atoms with Crippen molar-refractivity contribution in [3.8, 4) is 0 Å². The van der Waals surface area contributed by atoms with Crippen LogP contribution in [0.5, 0.6) is 0 Å². The van der Waals surface area contributed by atoms with E-state index in [1.165, 1.54) is 5.56 Å². The maximum Gasteiger partial charge on any atom is 0.338 e. The molecule has 0 saturated heterocycles. The quantitative estimate of drug-likeness (QED) is 0.217. The van der Waals surface area contributed by atoms with E-state index in [1.54, 1.807) is 19.1 Å². The first-order chi connectivity index (χ1) is 18.6. The van der Waals surface area contributed by atoms with Crippen molar-refractivity contribution in [1.82, 2.24) is 5.32 Å². The van der Waals surface area contributed by atoms with Crippen molar-refractivity contribution in [3.63, 3.8) is 0 Å². The molecule has 0 aliphatic carbocycles. The molecular formula is C32H29N3O3. The molecule has 0 fully saturated rings. The second kappa shape index (κ2) is 11.7. The molecular weight excluding hydrogens is 474 g/mol. The molecule has 0 aromatic heterocycles. The van der Waals surface area contributed by atoms with Gasteiger partial charge in [0.05, 0.1) is 23.6 Å². The largest absolute Gasteiger partial charge is 0.462 e. The third kappa shape index (κ3) is 5.71. The number of hydrogen-bond acceptors (Lipinski definition) is 5. The number of nitrogens with one attached hydrogen (secondary N) is 2. The first-order valence-electron chi connectivity index (χ1n) is 12.7. The molecule has 1 amide bonds. The number of esters is 1. The van der Waals surface area contributed by atoms with E-state index in [1.807, 2.05) is 78.9 Å². The standard InChI is InChI=1S/C32H29N3O3/c1-2-38-32(37)25-15-18-27-28(19-25)35-31(36)29(27)30(24-11-7-4-8-12-24)34-26-16-13-23(14-17-26)21-33-20-22-9-5-3-6-10-22/h3-19,29,33H,2,20-21H2,1H3,(H,35,36). The third-order valence-electron chi connectivity index (χ3n) is 6.43. The molecule has 0 saturated carbocycles. The van der Waals surface area contributed by atoms with Gasteiger partial charge in [-0.15, -0.1) is 0 Å². The minimum Gasteiger partial charge on any atom is -0.462 e. The van der Waals surface area contributed by atoms with E-state index in [0.717, 1.165) is 35.5 Å². The average molecular weight is 504 g/mol. The van der Waals surface area contributed by atoms with Crippen LogP contribution in [0.4, 0.5) is 11.4 Å². The highest BCUT2D eigenvalue weighted by molar-refractivity contribution is 6.24. The fourth-order valence-corrected chi connectivity index (χ4v) is 4.55. The first-order valence-corrected chi connectivity index (χ1v) is 12.7. The molecule has 1 atom stereocenters. The maximum absolute atomic E-state index is 13.2. The molecule has 5 rings (SSSR count). The number of carbonyl (C=O) groups is 2. The van der Waals surface area contributed by atoms with Gasteiger partial charge in [-0.25, -0.2) is 4.79 Å². The van der Waals surface area contributed by atoms with Crippen LogP contribution in [0.25, 0.3) is 0 Å². The number of amides is 1. The molecule has 4 aromatic rings. The summed E-state index contributed by atoms with van der Waals surface area (Å²) in [5.74, 6) is -1.19. The molecule has 6 heteroatoms. The Labute approximate surface area is 222 Å². The van der Waals surface area contributed by atoms with Crippen LogP contribution < -0.4 is 10.6 Å². The van der Waals surface area contributed by atoms with Crippen LogP contribution in [0.2, 0.25) is 0 Å². The Hall–Kier alpha value is -4.55. The number of rotatable bonds is 9. The highest BCUT2D eigenvalue weighted by Crippen LogP contribution is 2.37. The van der Waals surface area contributed by atoms with E-state index in [9.17, 15) is 9.59 Å². The summed E-state index contributed by atoms with van der Waals surface area (Å²) < 4.78 is 5.11. The Morgan fingerprint density at radius 2 is 1.50 bits per heavy atom. The summed E-state index contributed by atoms with van der Waals surface area (Å²) in [6.07, 6.45) is 0. The molecule has 1 aliphatic rings. The van der Waals surface area contributed by atoms with Gasteiger partial charge in [0.25, 0.3) is 0 Å². The van der Waals surface area contributed by atoms with E-state index in [2.05, 4.69) is 22.8 Å². The minimum absolute atomic E-state index is 0.176. The Balaban J connectivity index is 1.40. The van der Waals surface area contributed by atoms with Crippen LogP contribution in [0, 0.1) is 0 Å². The molecule has 2 N–H and O–H groups in total. The summed E-state index contributed by atoms with van der Waals surface area (Å²) in [5.41, 5.74) is 6.47. The van der Waals surface area contributed by atoms with Crippen LogP contribution in [0.1, 0.15) is 45.5 Å². The van der Waals surface area contributed by atoms with E-state index in [4.69, 9.17) is 9.73 Å². The van der Waals surface area contributed by atoms with Gasteiger partial charge in [0.15, 0.2) is 0 Å². The van der Waals surface area contributed by atoms with Crippen LogP contribution in [0.3, 0.4) is 0 Å². The molecule has 6 nitrogen and oxygen atoms in total. The predicted molar refractivity (Wildman–Crippen MR) is 150 cm³/mol. The van der Waals surface area contributed by atoms with E-state index >= 15 is 0 Å². The molecule has 38 heavy (non-hydrogen) atoms. The summed E-state index contributed by atoms with van der Waals surface area (Å²) in [4.78, 5) is 30.4. The minimum atomic E-state index is -0.601. The lowest BCUT2D eigenvalue weighted by Gasteiger charge is -2.14. The summed E-state index contributed by atoms with van der Waals surface area (Å²) in [5, 5.41) is 6.40. The van der Waals surface area contributed by atoms with Crippen LogP contribution in [-0.4, -0.2) is 24.2 Å². The van der Waals surface area contributed by atoms with Gasteiger partial charge in [-0.05, 0) is 53.4 Å². The van der Waals surface area contributed by atoms with Gasteiger partial charge in [0.1, 0.15) is 5.92 Å². The van der Waals surface area contributed by atoms with Crippen LogP contribution in [-0.2, 0) is 22.6 Å². The molecule has 1 aliphatic heterocycles. The van der Waals surface area contributed by atoms with Gasteiger partial charge in [0, 0.05) is 18.8 Å². The summed E-state index contributed by atoms with van der Waals surface area (Å²) in [6, 6.07) is 33.2. The normalized spacial score (nSPS) is 14.6. The van der Waals surface area contributed by atoms with Crippen molar-refractivity contribution >= 4 is 29.0 Å². The van der Waals surface area contributed by atoms with Crippen molar-refractivity contribution in [3.05, 3.63) is 131 Å². The van der Waals surface area contributed by atoms with Gasteiger partial charge in [-0.1, -0.05) is 78.9 Å². The number of fused-ring (bicyclic) bond motifs is 1. The van der Waals surface area contributed by atoms with Crippen LogP contribution >= 0.6 is 0 Å². The smallest absolute Gasteiger partial charge is 0.338 e. The highest BCUT2D eigenvalue weighted by atomic mass is 16.5. The number of aliphatic imine (C=N–C) groups is 1. The molecule has 1 unspecified atom stereocenters. The molecule has 1 heterocycles. The lowest BCUT2D eigenvalue weighted by atomic mass is 9.90. The lowest BCUT2D eigenvalue weighted by Crippen LogP contribution is -2.21. The number of ether oxygens (including phenoxy) is 1. The number of hydrogen-bond donors (Lipinski definition) is 2. The Morgan fingerprint density at radius 3 is 2.18 bits per heavy atom. The summed E-state index contributed by atoms with van der Waals surface area (Å²) >= 11 is 0. The maximum atomic E-state index is 13.2. The fraction of sp³-hybridized carbons (Fsp3) is 0.156. The zero-order valence-corrected chi connectivity index (χ0v) is 21.2. The monoisotopic (exact) mass is 503 g/mol. The van der Waals surface area contributed by atoms with E-state index < -0.39 is 11.9 Å². The zero-order valence-electron chi connectivity index (χ0n) is 21.2. The number of carbonyl (C=O) groups excluding carboxylic acids is 2. The van der Waals surface area contributed by atoms with E-state index in [0.29, 0.717) is 17.0 Å². The summed E-state index contributed by atoms with van der Waals surface area (Å²) in [7, 11) is 0. The van der Waals surface area contributed by atoms with Gasteiger partial charge in [-0.3, -0.25) is 9.79 Å². The molecule has 190 valence electrons. The fourth-order valence-electron chi connectivity index (χ4n) is 4.55. The topological polar surface area (TPSA) is 79.8 Å². The average Bonchev–Trinajstić information content (AvgIpc) is 3.28. The number of nitrogens with zero attached hydrogens (tertiary/aromatic N) is 1. The Kier molecular flexibility index (Phi) is 7.71. The highest BCUT2D eigenvalue weighted by Gasteiger charge is 2.36. The van der Waals surface area contributed by atoms with E-state index in [-0.39, 0.29) is 12.5 Å². The van der Waals surface area contributed by atoms with Gasteiger partial charge < -0.3 is 15.4 Å². The van der Waals surface area contributed by atoms with Crippen molar-refractivity contribution in [2.75, 3.05) is 11.9 Å². The number of anilines is 1. The second-order valence-corrected chi connectivity index (χ2v) is 9.06. The molecule has 0 spiro atoms. The second-order valence-electron chi connectivity index (χ2n) is 9.06. The Morgan fingerprint density at radius 1 is 0.842 bits per heavy atom. The zero-order chi connectivity index (χ0) is 26.3. The Bertz CT molecular complexity index is 1450. The summed E-state index contributed by atoms with van der Waals surface area (Å²) in [6.45, 7) is 3.59. The van der Waals surface area contributed by atoms with Crippen molar-refractivity contribution < 1.29 is 14.3 Å².